The predicted octanol–water partition coefficient (Wildman–Crippen LogP) is 7.00. The van der Waals surface area contributed by atoms with Gasteiger partial charge in [-0.2, -0.15) is 5.10 Å². The summed E-state index contributed by atoms with van der Waals surface area (Å²) in [6, 6.07) is 12.6. The molecule has 0 radical (unpaired) electrons. The lowest BCUT2D eigenvalue weighted by Crippen LogP contribution is -2.19. The summed E-state index contributed by atoms with van der Waals surface area (Å²) in [5.41, 5.74) is 6.41. The molecule has 1 fully saturated rings. The molecule has 0 unspecified atom stereocenters. The fraction of sp³-hybridized carbons (Fsp3) is 0.214. The maximum atomic E-state index is 6.25. The molecule has 1 saturated carbocycles. The smallest absolute Gasteiger partial charge is 0.155 e. The van der Waals surface area contributed by atoms with Crippen molar-refractivity contribution in [2.45, 2.75) is 38.2 Å². The van der Waals surface area contributed by atoms with Crippen molar-refractivity contribution in [3.63, 3.8) is 0 Å². The largest absolute Gasteiger partial charge is 0.489 e. The monoisotopic (exact) mass is 492 g/mol. The highest BCUT2D eigenvalue weighted by atomic mass is 32.1. The quantitative estimate of drug-likeness (QED) is 0.270. The first kappa shape index (κ1) is 21.3. The molecule has 0 amide bonds. The van der Waals surface area contributed by atoms with E-state index < -0.39 is 0 Å². The van der Waals surface area contributed by atoms with E-state index in [0.717, 1.165) is 68.7 Å². The van der Waals surface area contributed by atoms with Gasteiger partial charge in [0.25, 0.3) is 0 Å². The summed E-state index contributed by atoms with van der Waals surface area (Å²) in [5, 5.41) is 11.8. The molecule has 6 heterocycles. The van der Waals surface area contributed by atoms with E-state index in [-0.39, 0.29) is 6.10 Å². The van der Waals surface area contributed by atoms with Crippen molar-refractivity contribution in [1.82, 2.24) is 30.1 Å². The molecular formula is C28H24N6OS. The van der Waals surface area contributed by atoms with Gasteiger partial charge < -0.3 is 9.72 Å². The van der Waals surface area contributed by atoms with Gasteiger partial charge in [-0.3, -0.25) is 10.1 Å². The number of ether oxygens (including phenoxy) is 1. The Morgan fingerprint density at radius 1 is 0.889 bits per heavy atom. The number of hydrogen-bond acceptors (Lipinski definition) is 6. The third kappa shape index (κ3) is 3.83. The Morgan fingerprint density at radius 2 is 1.81 bits per heavy atom. The molecule has 6 aromatic rings. The van der Waals surface area contributed by atoms with E-state index in [9.17, 15) is 0 Å². The van der Waals surface area contributed by atoms with E-state index >= 15 is 0 Å². The zero-order valence-electron chi connectivity index (χ0n) is 19.6. The molecule has 7 rings (SSSR count). The van der Waals surface area contributed by atoms with E-state index in [2.05, 4.69) is 71.9 Å². The van der Waals surface area contributed by atoms with Crippen LogP contribution >= 0.6 is 11.3 Å². The summed E-state index contributed by atoms with van der Waals surface area (Å²) in [4.78, 5) is 18.3. The van der Waals surface area contributed by atoms with Gasteiger partial charge in [0.1, 0.15) is 17.1 Å². The standard InChI is InChI=1S/C28H24N6OS/c1-2-5-19(6-3-1)35-20-11-17(14-29-16-20)18-12-23-26(33-34-28(23)31-15-18)24-13-22-21(25-7-4-10-36-25)8-9-30-27(22)32-24/h4,7-16,19H,1-3,5-6H2,(H,30,32)(H,31,33,34). The minimum Gasteiger partial charge on any atom is -0.489 e. The van der Waals surface area contributed by atoms with Crippen LogP contribution in [-0.4, -0.2) is 36.2 Å². The number of thiophene rings is 1. The molecule has 0 saturated heterocycles. The fourth-order valence-electron chi connectivity index (χ4n) is 5.08. The Balaban J connectivity index is 1.26. The van der Waals surface area contributed by atoms with Gasteiger partial charge in [0, 0.05) is 50.9 Å². The van der Waals surface area contributed by atoms with E-state index in [1.807, 2.05) is 18.6 Å². The van der Waals surface area contributed by atoms with Crippen LogP contribution in [0.15, 0.2) is 66.6 Å². The Morgan fingerprint density at radius 3 is 2.69 bits per heavy atom. The Labute approximate surface area is 211 Å². The molecule has 8 heteroatoms. The zero-order chi connectivity index (χ0) is 23.9. The molecule has 6 aromatic heterocycles. The maximum Gasteiger partial charge on any atom is 0.155 e. The second kappa shape index (κ2) is 8.87. The second-order valence-electron chi connectivity index (χ2n) is 9.26. The number of aromatic nitrogens is 6. The number of H-pyrrole nitrogens is 2. The summed E-state index contributed by atoms with van der Waals surface area (Å²) in [6.07, 6.45) is 13.6. The zero-order valence-corrected chi connectivity index (χ0v) is 20.4. The van der Waals surface area contributed by atoms with Gasteiger partial charge in [0.2, 0.25) is 0 Å². The number of aromatic amines is 2. The molecule has 0 bridgehead atoms. The van der Waals surface area contributed by atoms with E-state index in [0.29, 0.717) is 0 Å². The maximum absolute atomic E-state index is 6.25. The number of nitrogens with one attached hydrogen (secondary N) is 2. The number of rotatable bonds is 5. The molecule has 1 aliphatic rings. The molecule has 1 aliphatic carbocycles. The molecule has 7 nitrogen and oxygen atoms in total. The number of nitrogens with zero attached hydrogens (tertiary/aromatic N) is 4. The number of fused-ring (bicyclic) bond motifs is 2. The van der Waals surface area contributed by atoms with Crippen molar-refractivity contribution in [1.29, 1.82) is 0 Å². The van der Waals surface area contributed by atoms with Crippen LogP contribution in [0.5, 0.6) is 5.75 Å². The van der Waals surface area contributed by atoms with Crippen LogP contribution in [0.3, 0.4) is 0 Å². The SMILES string of the molecule is c1csc(-c2ccnc3[nH]c(-c4n[nH]c5ncc(-c6cncc(OC7CCCCC7)c6)cc45)cc23)c1. The predicted molar refractivity (Wildman–Crippen MR) is 143 cm³/mol. The molecular weight excluding hydrogens is 468 g/mol. The van der Waals surface area contributed by atoms with Gasteiger partial charge in [-0.05, 0) is 61.4 Å². The normalized spacial score (nSPS) is 14.6. The highest BCUT2D eigenvalue weighted by Crippen LogP contribution is 2.35. The first-order chi connectivity index (χ1) is 17.8. The van der Waals surface area contributed by atoms with Gasteiger partial charge in [-0.25, -0.2) is 9.97 Å². The van der Waals surface area contributed by atoms with Gasteiger partial charge in [0.05, 0.1) is 18.0 Å². The minimum absolute atomic E-state index is 0.284. The van der Waals surface area contributed by atoms with Gasteiger partial charge in [-0.1, -0.05) is 12.5 Å². The summed E-state index contributed by atoms with van der Waals surface area (Å²) >= 11 is 1.72. The van der Waals surface area contributed by atoms with E-state index in [4.69, 9.17) is 4.74 Å². The van der Waals surface area contributed by atoms with Crippen LogP contribution in [0.2, 0.25) is 0 Å². The first-order valence-electron chi connectivity index (χ1n) is 12.3. The average molecular weight is 493 g/mol. The van der Waals surface area contributed by atoms with Gasteiger partial charge in [-0.15, -0.1) is 11.3 Å². The van der Waals surface area contributed by atoms with Crippen LogP contribution < -0.4 is 4.74 Å². The van der Waals surface area contributed by atoms with Crippen molar-refractivity contribution in [3.8, 4) is 38.7 Å². The number of pyridine rings is 3. The van der Waals surface area contributed by atoms with E-state index in [1.165, 1.54) is 24.1 Å². The van der Waals surface area contributed by atoms with Crippen molar-refractivity contribution in [2.75, 3.05) is 0 Å². The number of hydrogen-bond donors (Lipinski definition) is 2. The Bertz CT molecular complexity index is 1660. The molecule has 0 aliphatic heterocycles. The fourth-order valence-corrected chi connectivity index (χ4v) is 5.85. The minimum atomic E-state index is 0.284. The second-order valence-corrected chi connectivity index (χ2v) is 10.2. The highest BCUT2D eigenvalue weighted by Gasteiger charge is 2.17. The van der Waals surface area contributed by atoms with Crippen LogP contribution in [0.1, 0.15) is 32.1 Å². The topological polar surface area (TPSA) is 92.4 Å². The Kier molecular flexibility index (Phi) is 5.24. The summed E-state index contributed by atoms with van der Waals surface area (Å²) in [5.74, 6) is 0.815. The lowest BCUT2D eigenvalue weighted by atomic mass is 9.98. The highest BCUT2D eigenvalue weighted by molar-refractivity contribution is 7.13. The molecule has 0 atom stereocenters. The van der Waals surface area contributed by atoms with Crippen LogP contribution in [0.4, 0.5) is 0 Å². The van der Waals surface area contributed by atoms with Crippen molar-refractivity contribution in [2.24, 2.45) is 0 Å². The van der Waals surface area contributed by atoms with Crippen molar-refractivity contribution >= 4 is 33.4 Å². The van der Waals surface area contributed by atoms with Crippen LogP contribution in [-0.2, 0) is 0 Å². The molecule has 0 aromatic carbocycles. The van der Waals surface area contributed by atoms with Crippen LogP contribution in [0.25, 0.3) is 55.0 Å². The van der Waals surface area contributed by atoms with Gasteiger partial charge >= 0.3 is 0 Å². The summed E-state index contributed by atoms with van der Waals surface area (Å²) < 4.78 is 6.25. The summed E-state index contributed by atoms with van der Waals surface area (Å²) in [7, 11) is 0. The van der Waals surface area contributed by atoms with Crippen molar-refractivity contribution < 1.29 is 4.74 Å². The van der Waals surface area contributed by atoms with E-state index in [1.54, 1.807) is 17.5 Å². The molecule has 2 N–H and O–H groups in total. The molecule has 36 heavy (non-hydrogen) atoms. The van der Waals surface area contributed by atoms with Crippen molar-refractivity contribution in [3.05, 3.63) is 66.6 Å². The third-order valence-corrected chi connectivity index (χ3v) is 7.79. The summed E-state index contributed by atoms with van der Waals surface area (Å²) in [6.45, 7) is 0. The lowest BCUT2D eigenvalue weighted by Gasteiger charge is -2.23. The first-order valence-corrected chi connectivity index (χ1v) is 13.2. The Hall–Kier alpha value is -4.04. The molecule has 0 spiro atoms. The van der Waals surface area contributed by atoms with Gasteiger partial charge in [0.15, 0.2) is 5.65 Å². The average Bonchev–Trinajstić information content (AvgIpc) is 3.68. The molecule has 178 valence electrons. The third-order valence-electron chi connectivity index (χ3n) is 6.89. The lowest BCUT2D eigenvalue weighted by molar-refractivity contribution is 0.154. The van der Waals surface area contributed by atoms with Crippen LogP contribution in [0, 0.1) is 0 Å².